The molecule has 3 heterocycles. The quantitative estimate of drug-likeness (QED) is 0.717. The molecule has 7 heteroatoms. The second kappa shape index (κ2) is 7.13. The van der Waals surface area contributed by atoms with E-state index in [1.807, 2.05) is 28.2 Å². The molecule has 0 atom stereocenters. The van der Waals surface area contributed by atoms with E-state index < -0.39 is 0 Å². The topological polar surface area (TPSA) is 64.9 Å². The van der Waals surface area contributed by atoms with E-state index in [1.54, 1.807) is 11.3 Å². The molecule has 1 N–H and O–H groups in total. The van der Waals surface area contributed by atoms with Gasteiger partial charge in [0.05, 0.1) is 12.1 Å². The van der Waals surface area contributed by atoms with Crippen LogP contribution in [-0.4, -0.2) is 35.1 Å². The summed E-state index contributed by atoms with van der Waals surface area (Å²) in [5, 5.41) is 5.16. The minimum absolute atomic E-state index is 0.0228. The Morgan fingerprint density at radius 1 is 1.21 bits per heavy atom. The molecular formula is C21H23N3O3S. The molecule has 5 rings (SSSR count). The van der Waals surface area contributed by atoms with Gasteiger partial charge in [-0.05, 0) is 30.5 Å². The zero-order valence-corrected chi connectivity index (χ0v) is 16.5. The molecule has 3 aromatic rings. The summed E-state index contributed by atoms with van der Waals surface area (Å²) in [6.45, 7) is 1.83. The largest absolute Gasteiger partial charge is 0.486 e. The number of thiazole rings is 1. The number of amides is 1. The van der Waals surface area contributed by atoms with Gasteiger partial charge in [-0.3, -0.25) is 9.20 Å². The highest BCUT2D eigenvalue weighted by Gasteiger charge is 2.36. The van der Waals surface area contributed by atoms with Gasteiger partial charge in [0.15, 0.2) is 16.5 Å². The summed E-state index contributed by atoms with van der Waals surface area (Å²) in [6.07, 6.45) is 8.72. The number of carbonyl (C=O) groups is 1. The number of hydrogen-bond acceptors (Lipinski definition) is 5. The average Bonchev–Trinajstić information content (AvgIpc) is 3.43. The third-order valence-corrected chi connectivity index (χ3v) is 6.59. The highest BCUT2D eigenvalue weighted by Crippen LogP contribution is 2.43. The van der Waals surface area contributed by atoms with Crippen molar-refractivity contribution < 1.29 is 14.3 Å². The zero-order valence-electron chi connectivity index (χ0n) is 15.6. The number of imidazole rings is 1. The van der Waals surface area contributed by atoms with E-state index in [1.165, 1.54) is 18.4 Å². The van der Waals surface area contributed by atoms with Crippen LogP contribution in [0.2, 0.25) is 0 Å². The molecule has 146 valence electrons. The van der Waals surface area contributed by atoms with E-state index in [0.717, 1.165) is 35.0 Å². The van der Waals surface area contributed by atoms with Crippen LogP contribution in [-0.2, 0) is 16.6 Å². The molecule has 1 aliphatic carbocycles. The van der Waals surface area contributed by atoms with Crippen LogP contribution < -0.4 is 14.8 Å². The first-order chi connectivity index (χ1) is 13.7. The summed E-state index contributed by atoms with van der Waals surface area (Å²) >= 11 is 1.57. The SMILES string of the molecule is O=C(Cc1cn2ccsc2n1)NCC1(c2ccc3c(c2)OCCO3)CCCC1. The molecule has 0 saturated heterocycles. The van der Waals surface area contributed by atoms with Crippen molar-refractivity contribution in [1.29, 1.82) is 0 Å². The van der Waals surface area contributed by atoms with Gasteiger partial charge in [0.2, 0.25) is 5.91 Å². The van der Waals surface area contributed by atoms with Gasteiger partial charge < -0.3 is 14.8 Å². The molecule has 0 unspecified atom stereocenters. The lowest BCUT2D eigenvalue weighted by Crippen LogP contribution is -2.39. The minimum atomic E-state index is -0.0277. The number of carbonyl (C=O) groups excluding carboxylic acids is 1. The molecule has 1 saturated carbocycles. The molecule has 1 fully saturated rings. The Labute approximate surface area is 167 Å². The summed E-state index contributed by atoms with van der Waals surface area (Å²) in [4.78, 5) is 18.0. The van der Waals surface area contributed by atoms with Crippen LogP contribution >= 0.6 is 11.3 Å². The van der Waals surface area contributed by atoms with Crippen LogP contribution in [0.4, 0.5) is 0 Å². The second-order valence-electron chi connectivity index (χ2n) is 7.62. The molecule has 2 aromatic heterocycles. The van der Waals surface area contributed by atoms with Gasteiger partial charge in [0, 0.05) is 29.7 Å². The highest BCUT2D eigenvalue weighted by molar-refractivity contribution is 7.15. The molecule has 1 aliphatic heterocycles. The summed E-state index contributed by atoms with van der Waals surface area (Å²) in [5.74, 6) is 1.65. The Kier molecular flexibility index (Phi) is 4.47. The maximum Gasteiger partial charge on any atom is 0.226 e. The summed E-state index contributed by atoms with van der Waals surface area (Å²) < 4.78 is 13.4. The van der Waals surface area contributed by atoms with E-state index in [9.17, 15) is 4.79 Å². The van der Waals surface area contributed by atoms with Gasteiger partial charge >= 0.3 is 0 Å². The highest BCUT2D eigenvalue weighted by atomic mass is 32.1. The number of nitrogens with one attached hydrogen (secondary N) is 1. The molecule has 0 bridgehead atoms. The first-order valence-electron chi connectivity index (χ1n) is 9.80. The van der Waals surface area contributed by atoms with E-state index in [2.05, 4.69) is 22.4 Å². The molecule has 28 heavy (non-hydrogen) atoms. The van der Waals surface area contributed by atoms with Crippen molar-refractivity contribution >= 4 is 22.2 Å². The molecule has 2 aliphatic rings. The summed E-state index contributed by atoms with van der Waals surface area (Å²) in [6, 6.07) is 6.24. The van der Waals surface area contributed by atoms with Gasteiger partial charge in [0.1, 0.15) is 13.2 Å². The Bertz CT molecular complexity index is 975. The summed E-state index contributed by atoms with van der Waals surface area (Å²) in [7, 11) is 0. The standard InChI is InChI=1S/C21H23N3O3S/c25-19(12-16-13-24-7-10-28-20(24)23-16)22-14-21(5-1-2-6-21)15-3-4-17-18(11-15)27-9-8-26-17/h3-4,7,10-11,13H,1-2,5-6,8-9,12,14H2,(H,22,25). The van der Waals surface area contributed by atoms with Crippen LogP contribution in [0.1, 0.15) is 36.9 Å². The molecule has 0 radical (unpaired) electrons. The first kappa shape index (κ1) is 17.6. The average molecular weight is 398 g/mol. The van der Waals surface area contributed by atoms with Crippen molar-refractivity contribution in [3.05, 3.63) is 47.2 Å². The van der Waals surface area contributed by atoms with Crippen LogP contribution in [0.3, 0.4) is 0 Å². The normalized spacial score (nSPS) is 17.7. The lowest BCUT2D eigenvalue weighted by Gasteiger charge is -2.31. The van der Waals surface area contributed by atoms with Gasteiger partial charge in [-0.2, -0.15) is 0 Å². The predicted octanol–water partition coefficient (Wildman–Crippen LogP) is 3.34. The van der Waals surface area contributed by atoms with Gasteiger partial charge in [-0.25, -0.2) is 4.98 Å². The monoisotopic (exact) mass is 397 g/mol. The second-order valence-corrected chi connectivity index (χ2v) is 8.50. The molecule has 1 aromatic carbocycles. The molecule has 0 spiro atoms. The summed E-state index contributed by atoms with van der Waals surface area (Å²) in [5.41, 5.74) is 2.02. The fraction of sp³-hybridized carbons (Fsp3) is 0.429. The van der Waals surface area contributed by atoms with Crippen molar-refractivity contribution in [3.8, 4) is 11.5 Å². The number of aromatic nitrogens is 2. The fourth-order valence-electron chi connectivity index (χ4n) is 4.35. The first-order valence-corrected chi connectivity index (χ1v) is 10.7. The van der Waals surface area contributed by atoms with E-state index in [0.29, 0.717) is 26.2 Å². The molecular weight excluding hydrogens is 374 g/mol. The molecule has 1 amide bonds. The number of nitrogens with zero attached hydrogens (tertiary/aromatic N) is 2. The molecule has 6 nitrogen and oxygen atoms in total. The number of fused-ring (bicyclic) bond motifs is 2. The van der Waals surface area contributed by atoms with Gasteiger partial charge in [-0.1, -0.05) is 18.9 Å². The van der Waals surface area contributed by atoms with Crippen LogP contribution in [0.25, 0.3) is 4.96 Å². The Hall–Kier alpha value is -2.54. The van der Waals surface area contributed by atoms with Gasteiger partial charge in [-0.15, -0.1) is 11.3 Å². The number of ether oxygens (including phenoxy) is 2. The van der Waals surface area contributed by atoms with Crippen LogP contribution in [0.15, 0.2) is 36.0 Å². The Morgan fingerprint density at radius 3 is 2.86 bits per heavy atom. The fourth-order valence-corrected chi connectivity index (χ4v) is 5.07. The van der Waals surface area contributed by atoms with E-state index in [4.69, 9.17) is 9.47 Å². The number of benzene rings is 1. The minimum Gasteiger partial charge on any atom is -0.486 e. The smallest absolute Gasteiger partial charge is 0.226 e. The van der Waals surface area contributed by atoms with Crippen LogP contribution in [0.5, 0.6) is 11.5 Å². The van der Waals surface area contributed by atoms with Crippen molar-refractivity contribution in [1.82, 2.24) is 14.7 Å². The van der Waals surface area contributed by atoms with Crippen LogP contribution in [0, 0.1) is 0 Å². The zero-order chi connectivity index (χ0) is 19.0. The van der Waals surface area contributed by atoms with E-state index >= 15 is 0 Å². The lowest BCUT2D eigenvalue weighted by atomic mass is 9.78. The number of rotatable bonds is 5. The maximum atomic E-state index is 12.6. The third kappa shape index (κ3) is 3.24. The Morgan fingerprint density at radius 2 is 2.04 bits per heavy atom. The van der Waals surface area contributed by atoms with Gasteiger partial charge in [0.25, 0.3) is 0 Å². The van der Waals surface area contributed by atoms with Crippen molar-refractivity contribution in [2.75, 3.05) is 19.8 Å². The Balaban J connectivity index is 1.30. The number of hydrogen-bond donors (Lipinski definition) is 1. The maximum absolute atomic E-state index is 12.6. The van der Waals surface area contributed by atoms with Crippen molar-refractivity contribution in [3.63, 3.8) is 0 Å². The van der Waals surface area contributed by atoms with E-state index in [-0.39, 0.29) is 11.3 Å². The van der Waals surface area contributed by atoms with Crippen molar-refractivity contribution in [2.24, 2.45) is 0 Å². The van der Waals surface area contributed by atoms with Crippen molar-refractivity contribution in [2.45, 2.75) is 37.5 Å². The lowest BCUT2D eigenvalue weighted by molar-refractivity contribution is -0.120. The predicted molar refractivity (Wildman–Crippen MR) is 107 cm³/mol. The third-order valence-electron chi connectivity index (χ3n) is 5.82.